The van der Waals surface area contributed by atoms with Crippen molar-refractivity contribution in [1.82, 2.24) is 25.0 Å². The van der Waals surface area contributed by atoms with Crippen molar-refractivity contribution in [3.05, 3.63) is 66.0 Å². The van der Waals surface area contributed by atoms with E-state index < -0.39 is 10.0 Å². The van der Waals surface area contributed by atoms with Crippen molar-refractivity contribution in [2.75, 3.05) is 24.1 Å². The highest BCUT2D eigenvalue weighted by Crippen LogP contribution is 2.25. The molecule has 1 aliphatic heterocycles. The zero-order valence-electron chi connectivity index (χ0n) is 18.8. The number of benzene rings is 2. The Bertz CT molecular complexity index is 1440. The molecule has 0 radical (unpaired) electrons. The number of anilines is 3. The number of nitrogens with zero attached hydrogens (tertiary/aromatic N) is 3. The zero-order valence-corrected chi connectivity index (χ0v) is 20.4. The van der Waals surface area contributed by atoms with Crippen molar-refractivity contribution in [2.24, 2.45) is 0 Å². The molecule has 4 aromatic rings. The van der Waals surface area contributed by atoms with E-state index in [0.29, 0.717) is 23.3 Å². The van der Waals surface area contributed by atoms with Crippen LogP contribution in [0.25, 0.3) is 22.4 Å². The van der Waals surface area contributed by atoms with Crippen molar-refractivity contribution in [3.63, 3.8) is 0 Å². The molecule has 0 aliphatic carbocycles. The fourth-order valence-corrected chi connectivity index (χ4v) is 5.88. The molecule has 35 heavy (non-hydrogen) atoms. The van der Waals surface area contributed by atoms with Crippen LogP contribution in [-0.2, 0) is 10.0 Å². The third-order valence-corrected chi connectivity index (χ3v) is 7.99. The molecule has 2 aromatic heterocycles. The monoisotopic (exact) mass is 507 g/mol. The van der Waals surface area contributed by atoms with Crippen LogP contribution in [-0.4, -0.2) is 42.5 Å². The van der Waals surface area contributed by atoms with E-state index in [1.165, 1.54) is 11.3 Å². The number of sulfonamides is 1. The first-order chi connectivity index (χ1) is 16.9. The highest BCUT2D eigenvalue weighted by atomic mass is 32.2. The van der Waals surface area contributed by atoms with Gasteiger partial charge in [-0.25, -0.2) is 28.1 Å². The average molecular weight is 508 g/mol. The Morgan fingerprint density at radius 1 is 1.06 bits per heavy atom. The number of nitrogens with one attached hydrogen (secondary N) is 3. The Kier molecular flexibility index (Phi) is 6.73. The number of nitrogen functional groups attached to an aromatic ring is 1. The average Bonchev–Trinajstić information content (AvgIpc) is 3.23. The van der Waals surface area contributed by atoms with E-state index in [1.54, 1.807) is 36.7 Å². The van der Waals surface area contributed by atoms with Crippen LogP contribution in [0.1, 0.15) is 24.0 Å². The van der Waals surface area contributed by atoms with Crippen molar-refractivity contribution >= 4 is 60.5 Å². The van der Waals surface area contributed by atoms with Gasteiger partial charge in [-0.05, 0) is 61.3 Å². The van der Waals surface area contributed by atoms with Gasteiger partial charge in [-0.2, -0.15) is 0 Å². The number of thiazole rings is 1. The Balaban J connectivity index is 1.20. The first-order valence-electron chi connectivity index (χ1n) is 11.2. The maximum absolute atomic E-state index is 12.6. The van der Waals surface area contributed by atoms with Gasteiger partial charge in [0.25, 0.3) is 0 Å². The minimum absolute atomic E-state index is 0.0816. The lowest BCUT2D eigenvalue weighted by molar-refractivity contribution is 0.428. The quantitative estimate of drug-likeness (QED) is 0.298. The molecule has 9 nitrogen and oxygen atoms in total. The van der Waals surface area contributed by atoms with E-state index in [9.17, 15) is 8.42 Å². The molecule has 0 spiro atoms. The van der Waals surface area contributed by atoms with Crippen LogP contribution in [0.5, 0.6) is 0 Å². The van der Waals surface area contributed by atoms with Gasteiger partial charge in [0.1, 0.15) is 0 Å². The molecular weight excluding hydrogens is 482 g/mol. The standard InChI is InChI=1S/C24H25N7O2S2/c25-23-30-21-10-5-16(12-22(21)34-23)3-4-17-13-27-24(28-14-17)29-18-6-8-20(9-7-18)35(32,33)31-19-2-1-11-26-15-19/h3-10,12-14,19,26,31H,1-2,11,15H2,(H2,25,30)(H,27,28,29)/b4-3+. The Morgan fingerprint density at radius 3 is 2.57 bits per heavy atom. The topological polar surface area (TPSA) is 135 Å². The summed E-state index contributed by atoms with van der Waals surface area (Å²) in [6.07, 6.45) is 9.15. The SMILES string of the molecule is Nc1nc2ccc(/C=C/c3cnc(Nc4ccc(S(=O)(=O)NC5CCCNC5)cc4)nc3)cc2s1. The maximum Gasteiger partial charge on any atom is 0.240 e. The normalized spacial score (nSPS) is 16.6. The first-order valence-corrected chi connectivity index (χ1v) is 13.5. The fraction of sp³-hybridized carbons (Fsp3) is 0.208. The molecule has 0 bridgehead atoms. The molecule has 0 saturated carbocycles. The maximum atomic E-state index is 12.6. The Labute approximate surface area is 207 Å². The lowest BCUT2D eigenvalue weighted by atomic mass is 10.1. The Hall–Kier alpha value is -3.38. The van der Waals surface area contributed by atoms with Crippen molar-refractivity contribution in [3.8, 4) is 0 Å². The molecule has 1 unspecified atom stereocenters. The number of hydrogen-bond donors (Lipinski definition) is 4. The molecule has 11 heteroatoms. The molecule has 1 aliphatic rings. The molecule has 180 valence electrons. The van der Waals surface area contributed by atoms with Gasteiger partial charge < -0.3 is 16.4 Å². The third-order valence-electron chi connectivity index (χ3n) is 5.61. The summed E-state index contributed by atoms with van der Waals surface area (Å²) in [6.45, 7) is 1.58. The molecule has 5 rings (SSSR count). The molecule has 1 saturated heterocycles. The Morgan fingerprint density at radius 2 is 1.83 bits per heavy atom. The largest absolute Gasteiger partial charge is 0.375 e. The molecule has 2 aromatic carbocycles. The van der Waals surface area contributed by atoms with E-state index in [-0.39, 0.29) is 10.9 Å². The third kappa shape index (κ3) is 5.82. The van der Waals surface area contributed by atoms with E-state index >= 15 is 0 Å². The van der Waals surface area contributed by atoms with Gasteiger partial charge in [0.05, 0.1) is 15.1 Å². The summed E-state index contributed by atoms with van der Waals surface area (Å²) in [6, 6.07) is 12.5. The molecule has 5 N–H and O–H groups in total. The lowest BCUT2D eigenvalue weighted by Crippen LogP contribution is -2.45. The predicted molar refractivity (Wildman–Crippen MR) is 141 cm³/mol. The fourth-order valence-electron chi connectivity index (χ4n) is 3.83. The highest BCUT2D eigenvalue weighted by Gasteiger charge is 2.21. The number of piperidine rings is 1. The van der Waals surface area contributed by atoms with Crippen LogP contribution < -0.4 is 21.1 Å². The number of hydrogen-bond acceptors (Lipinski definition) is 9. The van der Waals surface area contributed by atoms with Gasteiger partial charge in [-0.15, -0.1) is 0 Å². The highest BCUT2D eigenvalue weighted by molar-refractivity contribution is 7.89. The predicted octanol–water partition coefficient (Wildman–Crippen LogP) is 3.61. The summed E-state index contributed by atoms with van der Waals surface area (Å²) in [5, 5.41) is 6.87. The summed E-state index contributed by atoms with van der Waals surface area (Å²) in [4.78, 5) is 13.2. The van der Waals surface area contributed by atoms with Crippen LogP contribution in [0.15, 0.2) is 59.8 Å². The van der Waals surface area contributed by atoms with Crippen molar-refractivity contribution in [1.29, 1.82) is 0 Å². The lowest BCUT2D eigenvalue weighted by Gasteiger charge is -2.23. The van der Waals surface area contributed by atoms with E-state index in [2.05, 4.69) is 30.3 Å². The van der Waals surface area contributed by atoms with Gasteiger partial charge in [0, 0.05) is 36.2 Å². The van der Waals surface area contributed by atoms with Gasteiger partial charge in [-0.1, -0.05) is 29.6 Å². The summed E-state index contributed by atoms with van der Waals surface area (Å²) >= 11 is 1.46. The van der Waals surface area contributed by atoms with E-state index in [0.717, 1.165) is 40.7 Å². The second-order valence-corrected chi connectivity index (χ2v) is 11.0. The minimum Gasteiger partial charge on any atom is -0.375 e. The molecular formula is C24H25N7O2S2. The van der Waals surface area contributed by atoms with Gasteiger partial charge in [0.15, 0.2) is 5.13 Å². The number of fused-ring (bicyclic) bond motifs is 1. The second kappa shape index (κ2) is 10.1. The summed E-state index contributed by atoms with van der Waals surface area (Å²) in [7, 11) is -3.56. The van der Waals surface area contributed by atoms with E-state index in [1.807, 2.05) is 30.4 Å². The van der Waals surface area contributed by atoms with Gasteiger partial charge >= 0.3 is 0 Å². The van der Waals surface area contributed by atoms with Crippen LogP contribution in [0.3, 0.4) is 0 Å². The molecule has 3 heterocycles. The summed E-state index contributed by atoms with van der Waals surface area (Å²) in [5.74, 6) is 0.422. The molecule has 1 atom stereocenters. The van der Waals surface area contributed by atoms with Crippen molar-refractivity contribution in [2.45, 2.75) is 23.8 Å². The van der Waals surface area contributed by atoms with Gasteiger partial charge in [-0.3, -0.25) is 0 Å². The first kappa shape index (κ1) is 23.4. The van der Waals surface area contributed by atoms with E-state index in [4.69, 9.17) is 5.73 Å². The van der Waals surface area contributed by atoms with Crippen LogP contribution in [0, 0.1) is 0 Å². The summed E-state index contributed by atoms with van der Waals surface area (Å²) in [5.41, 5.74) is 9.25. The smallest absolute Gasteiger partial charge is 0.240 e. The summed E-state index contributed by atoms with van der Waals surface area (Å²) < 4.78 is 29.1. The number of rotatable bonds is 7. The van der Waals surface area contributed by atoms with Crippen LogP contribution in [0.4, 0.5) is 16.8 Å². The van der Waals surface area contributed by atoms with Crippen LogP contribution >= 0.6 is 11.3 Å². The number of aromatic nitrogens is 3. The number of nitrogens with two attached hydrogens (primary N) is 1. The second-order valence-electron chi connectivity index (χ2n) is 8.27. The molecule has 0 amide bonds. The van der Waals surface area contributed by atoms with Crippen LogP contribution in [0.2, 0.25) is 0 Å². The minimum atomic E-state index is -3.56. The van der Waals surface area contributed by atoms with Gasteiger partial charge in [0.2, 0.25) is 16.0 Å². The van der Waals surface area contributed by atoms with Crippen molar-refractivity contribution < 1.29 is 8.42 Å². The zero-order chi connectivity index (χ0) is 24.3. The molecule has 1 fully saturated rings.